The number of hydrogen-bond acceptors (Lipinski definition) is 4. The molecule has 0 atom stereocenters. The van der Waals surface area contributed by atoms with Gasteiger partial charge in [-0.15, -0.1) is 0 Å². The number of benzene rings is 1. The Hall–Kier alpha value is -3.09. The van der Waals surface area contributed by atoms with E-state index in [0.717, 1.165) is 18.6 Å². The summed E-state index contributed by atoms with van der Waals surface area (Å²) in [5.41, 5.74) is 5.56. The Labute approximate surface area is 135 Å². The molecular weight excluding hydrogens is 315 g/mol. The van der Waals surface area contributed by atoms with Crippen LogP contribution < -0.4 is 11.1 Å². The van der Waals surface area contributed by atoms with Crippen LogP contribution in [0.5, 0.6) is 0 Å². The SMILES string of the molecule is NC(=O)c1oc2ccc(F)cc2c1NC(=O)c1ccc(C2CC2)o1. The van der Waals surface area contributed by atoms with Gasteiger partial charge in [-0.3, -0.25) is 9.59 Å². The van der Waals surface area contributed by atoms with Crippen LogP contribution in [0.1, 0.15) is 45.6 Å². The van der Waals surface area contributed by atoms with E-state index in [4.69, 9.17) is 14.6 Å². The fourth-order valence-electron chi connectivity index (χ4n) is 2.60. The first kappa shape index (κ1) is 14.5. The number of furan rings is 2. The highest BCUT2D eigenvalue weighted by Gasteiger charge is 2.28. The number of nitrogens with two attached hydrogens (primary N) is 1. The third-order valence-corrected chi connectivity index (χ3v) is 3.94. The van der Waals surface area contributed by atoms with Gasteiger partial charge in [0.15, 0.2) is 5.76 Å². The molecule has 0 unspecified atom stereocenters. The Morgan fingerprint density at radius 1 is 1.17 bits per heavy atom. The molecule has 2 amide bonds. The first-order chi connectivity index (χ1) is 11.5. The van der Waals surface area contributed by atoms with E-state index in [1.165, 1.54) is 18.2 Å². The van der Waals surface area contributed by atoms with Gasteiger partial charge in [-0.1, -0.05) is 0 Å². The maximum Gasteiger partial charge on any atom is 0.291 e. The van der Waals surface area contributed by atoms with Crippen molar-refractivity contribution in [2.24, 2.45) is 5.73 Å². The van der Waals surface area contributed by atoms with Crippen molar-refractivity contribution in [3.8, 4) is 0 Å². The quantitative estimate of drug-likeness (QED) is 0.767. The second kappa shape index (κ2) is 5.23. The Kier molecular flexibility index (Phi) is 3.16. The molecule has 0 aliphatic heterocycles. The van der Waals surface area contributed by atoms with E-state index >= 15 is 0 Å². The van der Waals surface area contributed by atoms with Crippen LogP contribution in [0.4, 0.5) is 10.1 Å². The minimum atomic E-state index is -0.861. The molecule has 2 heterocycles. The lowest BCUT2D eigenvalue weighted by molar-refractivity contribution is 0.0977. The van der Waals surface area contributed by atoms with Crippen molar-refractivity contribution in [3.63, 3.8) is 0 Å². The number of primary amides is 1. The van der Waals surface area contributed by atoms with E-state index < -0.39 is 17.6 Å². The summed E-state index contributed by atoms with van der Waals surface area (Å²) in [6.45, 7) is 0. The smallest absolute Gasteiger partial charge is 0.291 e. The molecule has 2 aromatic heterocycles. The second-order valence-corrected chi connectivity index (χ2v) is 5.74. The molecule has 1 aromatic carbocycles. The molecule has 0 bridgehead atoms. The monoisotopic (exact) mass is 328 g/mol. The maximum absolute atomic E-state index is 13.5. The molecule has 4 rings (SSSR count). The molecule has 1 aliphatic carbocycles. The largest absolute Gasteiger partial charge is 0.456 e. The number of anilines is 1. The standard InChI is InChI=1S/C17H13FN2O4/c18-9-3-4-12-10(7-9)14(15(24-12)16(19)21)20-17(22)13-6-5-11(23-13)8-1-2-8/h3-8H,1-2H2,(H2,19,21)(H,20,22). The normalized spacial score (nSPS) is 14.0. The summed E-state index contributed by atoms with van der Waals surface area (Å²) in [4.78, 5) is 23.9. The molecule has 0 radical (unpaired) electrons. The number of carbonyl (C=O) groups is 2. The summed E-state index contributed by atoms with van der Waals surface area (Å²) in [7, 11) is 0. The van der Waals surface area contributed by atoms with Crippen molar-refractivity contribution in [3.05, 3.63) is 53.4 Å². The molecule has 1 aliphatic rings. The second-order valence-electron chi connectivity index (χ2n) is 5.74. The van der Waals surface area contributed by atoms with Gasteiger partial charge in [-0.2, -0.15) is 0 Å². The van der Waals surface area contributed by atoms with Gasteiger partial charge in [0.25, 0.3) is 11.8 Å². The Balaban J connectivity index is 1.71. The number of rotatable bonds is 4. The maximum atomic E-state index is 13.5. The van der Waals surface area contributed by atoms with Gasteiger partial charge in [0.05, 0.1) is 0 Å². The predicted molar refractivity (Wildman–Crippen MR) is 83.3 cm³/mol. The first-order valence-electron chi connectivity index (χ1n) is 7.46. The van der Waals surface area contributed by atoms with E-state index in [-0.39, 0.29) is 28.2 Å². The van der Waals surface area contributed by atoms with Crippen LogP contribution in [-0.4, -0.2) is 11.8 Å². The number of amides is 2. The highest BCUT2D eigenvalue weighted by Crippen LogP contribution is 2.41. The van der Waals surface area contributed by atoms with E-state index in [0.29, 0.717) is 5.92 Å². The predicted octanol–water partition coefficient (Wildman–Crippen LogP) is 3.39. The lowest BCUT2D eigenvalue weighted by Gasteiger charge is -2.03. The van der Waals surface area contributed by atoms with Crippen molar-refractivity contribution in [2.45, 2.75) is 18.8 Å². The van der Waals surface area contributed by atoms with Crippen LogP contribution >= 0.6 is 0 Å². The molecule has 3 aromatic rings. The molecule has 3 N–H and O–H groups in total. The zero-order valence-corrected chi connectivity index (χ0v) is 12.5. The van der Waals surface area contributed by atoms with Gasteiger partial charge in [0, 0.05) is 11.3 Å². The van der Waals surface area contributed by atoms with Crippen molar-refractivity contribution in [1.82, 2.24) is 0 Å². The zero-order valence-electron chi connectivity index (χ0n) is 12.5. The number of halogens is 1. The first-order valence-corrected chi connectivity index (χ1v) is 7.46. The molecule has 0 saturated heterocycles. The molecule has 122 valence electrons. The lowest BCUT2D eigenvalue weighted by atomic mass is 10.2. The van der Waals surface area contributed by atoms with Gasteiger partial charge >= 0.3 is 0 Å². The molecule has 7 heteroatoms. The summed E-state index contributed by atoms with van der Waals surface area (Å²) in [5, 5.41) is 2.79. The summed E-state index contributed by atoms with van der Waals surface area (Å²) < 4.78 is 24.3. The zero-order chi connectivity index (χ0) is 16.8. The van der Waals surface area contributed by atoms with Gasteiger partial charge < -0.3 is 19.9 Å². The molecule has 6 nitrogen and oxygen atoms in total. The average molecular weight is 328 g/mol. The fourth-order valence-corrected chi connectivity index (χ4v) is 2.60. The Morgan fingerprint density at radius 3 is 2.67 bits per heavy atom. The van der Waals surface area contributed by atoms with E-state index in [9.17, 15) is 14.0 Å². The lowest BCUT2D eigenvalue weighted by Crippen LogP contribution is -2.16. The number of hydrogen-bond donors (Lipinski definition) is 2. The Bertz CT molecular complexity index is 968. The summed E-state index contributed by atoms with van der Waals surface area (Å²) in [6.07, 6.45) is 2.10. The average Bonchev–Trinajstić information content (AvgIpc) is 3.16. The molecule has 1 saturated carbocycles. The fraction of sp³-hybridized carbons (Fsp3) is 0.176. The van der Waals surface area contributed by atoms with Crippen molar-refractivity contribution >= 4 is 28.5 Å². The van der Waals surface area contributed by atoms with Crippen LogP contribution in [0.25, 0.3) is 11.0 Å². The van der Waals surface area contributed by atoms with Crippen molar-refractivity contribution in [2.75, 3.05) is 5.32 Å². The molecule has 1 fully saturated rings. The Morgan fingerprint density at radius 2 is 1.96 bits per heavy atom. The minimum Gasteiger partial charge on any atom is -0.456 e. The third-order valence-electron chi connectivity index (χ3n) is 3.94. The van der Waals surface area contributed by atoms with Gasteiger partial charge in [0.1, 0.15) is 22.8 Å². The third kappa shape index (κ3) is 2.44. The minimum absolute atomic E-state index is 0.0337. The van der Waals surface area contributed by atoms with Crippen LogP contribution in [0.2, 0.25) is 0 Å². The van der Waals surface area contributed by atoms with Crippen LogP contribution in [-0.2, 0) is 0 Å². The van der Waals surface area contributed by atoms with Gasteiger partial charge in [-0.25, -0.2) is 4.39 Å². The van der Waals surface area contributed by atoms with E-state index in [1.54, 1.807) is 12.1 Å². The summed E-state index contributed by atoms with van der Waals surface area (Å²) >= 11 is 0. The topological polar surface area (TPSA) is 98.5 Å². The van der Waals surface area contributed by atoms with E-state index in [2.05, 4.69) is 5.32 Å². The van der Waals surface area contributed by atoms with Crippen LogP contribution in [0, 0.1) is 5.82 Å². The highest BCUT2D eigenvalue weighted by molar-refractivity contribution is 6.13. The number of nitrogens with one attached hydrogen (secondary N) is 1. The van der Waals surface area contributed by atoms with Crippen molar-refractivity contribution in [1.29, 1.82) is 0 Å². The summed E-state index contributed by atoms with van der Waals surface area (Å²) in [6, 6.07) is 7.05. The molecule has 0 spiro atoms. The van der Waals surface area contributed by atoms with Crippen molar-refractivity contribution < 1.29 is 22.8 Å². The summed E-state index contributed by atoms with van der Waals surface area (Å²) in [5.74, 6) is -0.939. The van der Waals surface area contributed by atoms with Crippen LogP contribution in [0.3, 0.4) is 0 Å². The van der Waals surface area contributed by atoms with Crippen LogP contribution in [0.15, 0.2) is 39.2 Å². The van der Waals surface area contributed by atoms with E-state index in [1.807, 2.05) is 0 Å². The highest BCUT2D eigenvalue weighted by atomic mass is 19.1. The van der Waals surface area contributed by atoms with Gasteiger partial charge in [-0.05, 0) is 43.2 Å². The number of carbonyl (C=O) groups excluding carboxylic acids is 2. The molecular formula is C17H13FN2O4. The molecule has 24 heavy (non-hydrogen) atoms. The number of fused-ring (bicyclic) bond motifs is 1. The van der Waals surface area contributed by atoms with Gasteiger partial charge in [0.2, 0.25) is 5.76 Å².